The molecule has 0 aromatic heterocycles. The molecule has 1 N–H and O–H groups in total. The number of benzene rings is 2. The number of halogens is 1. The van der Waals surface area contributed by atoms with Crippen LogP contribution in [0.4, 0.5) is 4.79 Å². The molecule has 1 aliphatic rings. The topological polar surface area (TPSA) is 49.4 Å². The molecule has 2 aromatic carbocycles. The first kappa shape index (κ1) is 17.5. The fourth-order valence-corrected chi connectivity index (χ4v) is 3.27. The third kappa shape index (κ3) is 3.27. The van der Waals surface area contributed by atoms with Crippen molar-refractivity contribution < 1.29 is 9.59 Å². The van der Waals surface area contributed by atoms with Gasteiger partial charge in [-0.25, -0.2) is 4.79 Å². The van der Waals surface area contributed by atoms with E-state index in [1.165, 1.54) is 10.5 Å². The van der Waals surface area contributed by atoms with Crippen LogP contribution in [-0.2, 0) is 16.9 Å². The van der Waals surface area contributed by atoms with Crippen LogP contribution in [0.2, 0.25) is 5.02 Å². The van der Waals surface area contributed by atoms with Crippen molar-refractivity contribution in [3.05, 3.63) is 70.2 Å². The summed E-state index contributed by atoms with van der Waals surface area (Å²) >= 11 is 5.99. The van der Waals surface area contributed by atoms with Crippen molar-refractivity contribution in [1.29, 1.82) is 0 Å². The van der Waals surface area contributed by atoms with Crippen molar-refractivity contribution in [2.45, 2.75) is 38.8 Å². The second-order valence-electron chi connectivity index (χ2n) is 6.85. The number of carbonyl (C=O) groups is 2. The average molecular weight is 357 g/mol. The van der Waals surface area contributed by atoms with E-state index in [1.807, 2.05) is 30.3 Å². The first-order valence-electron chi connectivity index (χ1n) is 8.30. The lowest BCUT2D eigenvalue weighted by Crippen LogP contribution is -2.40. The van der Waals surface area contributed by atoms with Gasteiger partial charge in [0.15, 0.2) is 0 Å². The Bertz CT molecular complexity index is 817. The van der Waals surface area contributed by atoms with Crippen LogP contribution in [0, 0.1) is 0 Å². The van der Waals surface area contributed by atoms with Gasteiger partial charge in [0.1, 0.15) is 5.54 Å². The van der Waals surface area contributed by atoms with E-state index in [1.54, 1.807) is 25.1 Å². The first-order valence-corrected chi connectivity index (χ1v) is 8.68. The third-order valence-electron chi connectivity index (χ3n) is 4.66. The molecule has 3 rings (SSSR count). The van der Waals surface area contributed by atoms with Gasteiger partial charge in [-0.2, -0.15) is 0 Å². The highest BCUT2D eigenvalue weighted by molar-refractivity contribution is 6.30. The molecule has 1 atom stereocenters. The number of nitrogens with zero attached hydrogens (tertiary/aromatic N) is 1. The molecule has 0 bridgehead atoms. The number of nitrogens with one attached hydrogen (secondary N) is 1. The molecular weight excluding hydrogens is 336 g/mol. The second-order valence-corrected chi connectivity index (χ2v) is 7.29. The minimum absolute atomic E-state index is 0.199. The molecule has 25 heavy (non-hydrogen) atoms. The smallest absolute Gasteiger partial charge is 0.319 e. The van der Waals surface area contributed by atoms with E-state index < -0.39 is 5.54 Å². The number of carbonyl (C=O) groups excluding carboxylic acids is 2. The van der Waals surface area contributed by atoms with Crippen LogP contribution >= 0.6 is 11.6 Å². The predicted octanol–water partition coefficient (Wildman–Crippen LogP) is 4.43. The lowest BCUT2D eigenvalue weighted by Gasteiger charge is -2.23. The zero-order valence-electron chi connectivity index (χ0n) is 14.5. The Morgan fingerprint density at radius 2 is 1.80 bits per heavy atom. The summed E-state index contributed by atoms with van der Waals surface area (Å²) in [6.45, 7) is 6.18. The Labute approximate surface area is 152 Å². The van der Waals surface area contributed by atoms with Crippen molar-refractivity contribution in [2.75, 3.05) is 0 Å². The minimum Gasteiger partial charge on any atom is -0.319 e. The van der Waals surface area contributed by atoms with Crippen molar-refractivity contribution in [2.24, 2.45) is 0 Å². The molecule has 130 valence electrons. The maximum absolute atomic E-state index is 13.0. The number of hydrogen-bond acceptors (Lipinski definition) is 2. The molecule has 3 amide bonds. The number of hydrogen-bond donors (Lipinski definition) is 1. The second kappa shape index (κ2) is 6.52. The lowest BCUT2D eigenvalue weighted by atomic mass is 9.90. The Morgan fingerprint density at radius 1 is 1.12 bits per heavy atom. The zero-order valence-corrected chi connectivity index (χ0v) is 15.3. The molecule has 4 nitrogen and oxygen atoms in total. The largest absolute Gasteiger partial charge is 0.325 e. The molecule has 0 radical (unpaired) electrons. The van der Waals surface area contributed by atoms with Crippen LogP contribution in [0.1, 0.15) is 43.4 Å². The van der Waals surface area contributed by atoms with Crippen LogP contribution in [0.5, 0.6) is 0 Å². The summed E-state index contributed by atoms with van der Waals surface area (Å²) < 4.78 is 0. The molecule has 1 heterocycles. The first-order chi connectivity index (χ1) is 11.8. The van der Waals surface area contributed by atoms with E-state index in [0.717, 1.165) is 11.1 Å². The van der Waals surface area contributed by atoms with E-state index in [4.69, 9.17) is 11.6 Å². The van der Waals surface area contributed by atoms with Gasteiger partial charge >= 0.3 is 6.03 Å². The summed E-state index contributed by atoms with van der Waals surface area (Å²) in [5.74, 6) is 0.157. The van der Waals surface area contributed by atoms with Crippen molar-refractivity contribution >= 4 is 23.5 Å². The SMILES string of the molecule is CC(C)c1ccc([C@]2(C)NC(=O)N(Cc3cccc(Cl)c3)C2=O)cc1. The quantitative estimate of drug-likeness (QED) is 0.824. The van der Waals surface area contributed by atoms with Crippen LogP contribution in [0.15, 0.2) is 48.5 Å². The summed E-state index contributed by atoms with van der Waals surface area (Å²) in [6.07, 6.45) is 0. The molecule has 1 fully saturated rings. The number of amides is 3. The van der Waals surface area contributed by atoms with Gasteiger partial charge in [0, 0.05) is 5.02 Å². The van der Waals surface area contributed by atoms with E-state index in [9.17, 15) is 9.59 Å². The Balaban J connectivity index is 1.86. The summed E-state index contributed by atoms with van der Waals surface area (Å²) in [4.78, 5) is 26.6. The number of urea groups is 1. The highest BCUT2D eigenvalue weighted by Crippen LogP contribution is 2.31. The highest BCUT2D eigenvalue weighted by Gasteiger charge is 2.48. The molecule has 0 spiro atoms. The molecule has 5 heteroatoms. The summed E-state index contributed by atoms with van der Waals surface area (Å²) in [5.41, 5.74) is 1.74. The van der Waals surface area contributed by atoms with Gasteiger partial charge in [0.25, 0.3) is 5.91 Å². The number of rotatable bonds is 4. The number of imide groups is 1. The monoisotopic (exact) mass is 356 g/mol. The van der Waals surface area contributed by atoms with Crippen molar-refractivity contribution in [3.8, 4) is 0 Å². The zero-order chi connectivity index (χ0) is 18.2. The molecule has 0 aliphatic carbocycles. The Kier molecular flexibility index (Phi) is 4.56. The lowest BCUT2D eigenvalue weighted by molar-refractivity contribution is -0.131. The van der Waals surface area contributed by atoms with Gasteiger partial charge in [-0.3, -0.25) is 9.69 Å². The molecule has 0 unspecified atom stereocenters. The molecule has 1 saturated heterocycles. The van der Waals surface area contributed by atoms with E-state index in [2.05, 4.69) is 19.2 Å². The van der Waals surface area contributed by atoms with Crippen LogP contribution in [0.25, 0.3) is 0 Å². The van der Waals surface area contributed by atoms with Gasteiger partial charge in [0.05, 0.1) is 6.54 Å². The predicted molar refractivity (Wildman–Crippen MR) is 98.4 cm³/mol. The van der Waals surface area contributed by atoms with Gasteiger partial charge in [-0.15, -0.1) is 0 Å². The maximum atomic E-state index is 13.0. The molecule has 1 aliphatic heterocycles. The standard InChI is InChI=1S/C20H21ClN2O2/c1-13(2)15-7-9-16(10-8-15)20(3)18(24)23(19(25)22-20)12-14-5-4-6-17(21)11-14/h4-11,13H,12H2,1-3H3,(H,22,25)/t20-/m0/s1. The molecular formula is C20H21ClN2O2. The van der Waals surface area contributed by atoms with Crippen LogP contribution in [0.3, 0.4) is 0 Å². The van der Waals surface area contributed by atoms with Gasteiger partial charge in [-0.1, -0.05) is 61.8 Å². The minimum atomic E-state index is -1.05. The third-order valence-corrected chi connectivity index (χ3v) is 4.89. The van der Waals surface area contributed by atoms with E-state index in [0.29, 0.717) is 10.9 Å². The van der Waals surface area contributed by atoms with Gasteiger partial charge < -0.3 is 5.32 Å². The Morgan fingerprint density at radius 3 is 2.40 bits per heavy atom. The fourth-order valence-electron chi connectivity index (χ4n) is 3.06. The van der Waals surface area contributed by atoms with Crippen molar-refractivity contribution in [3.63, 3.8) is 0 Å². The van der Waals surface area contributed by atoms with E-state index >= 15 is 0 Å². The maximum Gasteiger partial charge on any atom is 0.325 e. The molecule has 0 saturated carbocycles. The summed E-state index contributed by atoms with van der Waals surface area (Å²) in [5, 5.41) is 3.41. The van der Waals surface area contributed by atoms with Gasteiger partial charge in [0.2, 0.25) is 0 Å². The van der Waals surface area contributed by atoms with Crippen molar-refractivity contribution in [1.82, 2.24) is 10.2 Å². The average Bonchev–Trinajstić information content (AvgIpc) is 2.79. The highest BCUT2D eigenvalue weighted by atomic mass is 35.5. The fraction of sp³-hybridized carbons (Fsp3) is 0.300. The Hall–Kier alpha value is -2.33. The molecule has 2 aromatic rings. The summed E-state index contributed by atoms with van der Waals surface area (Å²) in [6, 6.07) is 14.6. The van der Waals surface area contributed by atoms with E-state index in [-0.39, 0.29) is 18.5 Å². The van der Waals surface area contributed by atoms with Crippen LogP contribution < -0.4 is 5.32 Å². The summed E-state index contributed by atoms with van der Waals surface area (Å²) in [7, 11) is 0. The van der Waals surface area contributed by atoms with Gasteiger partial charge in [-0.05, 0) is 41.7 Å². The normalized spacial score (nSPS) is 20.3. The van der Waals surface area contributed by atoms with Crippen LogP contribution in [-0.4, -0.2) is 16.8 Å².